The van der Waals surface area contributed by atoms with Gasteiger partial charge in [-0.15, -0.1) is 0 Å². The summed E-state index contributed by atoms with van der Waals surface area (Å²) in [5, 5.41) is 0. The van der Waals surface area contributed by atoms with Gasteiger partial charge in [0.2, 0.25) is 0 Å². The van der Waals surface area contributed by atoms with Crippen molar-refractivity contribution >= 4 is 7.85 Å². The summed E-state index contributed by atoms with van der Waals surface area (Å²) in [5.41, 5.74) is 3.36. The summed E-state index contributed by atoms with van der Waals surface area (Å²) in [6, 6.07) is 7.17. The second-order valence-electron chi connectivity index (χ2n) is 6.04. The first-order valence-corrected chi connectivity index (χ1v) is 7.36. The summed E-state index contributed by atoms with van der Waals surface area (Å²) in [5.74, 6) is -0.536. The number of fused-ring (bicyclic) bond motifs is 3. The molecule has 21 heavy (non-hydrogen) atoms. The van der Waals surface area contributed by atoms with Gasteiger partial charge in [-0.1, -0.05) is 18.2 Å². The van der Waals surface area contributed by atoms with E-state index in [-0.39, 0.29) is 23.6 Å². The number of hydrogen-bond donors (Lipinski definition) is 0. The molecule has 2 aromatic carbocycles. The normalized spacial score (nSPS) is 19.3. The van der Waals surface area contributed by atoms with E-state index in [1.54, 1.807) is 19.1 Å². The summed E-state index contributed by atoms with van der Waals surface area (Å²) < 4.78 is 34.8. The van der Waals surface area contributed by atoms with Crippen molar-refractivity contribution in [1.82, 2.24) is 0 Å². The van der Waals surface area contributed by atoms with Crippen LogP contribution in [0.1, 0.15) is 35.3 Å². The van der Waals surface area contributed by atoms with Crippen molar-refractivity contribution in [2.45, 2.75) is 31.7 Å². The number of ether oxygens (including phenoxy) is 1. The van der Waals surface area contributed by atoms with Crippen LogP contribution in [0.4, 0.5) is 8.78 Å². The predicted octanol–water partition coefficient (Wildman–Crippen LogP) is 3.52. The number of rotatable bonds is 2. The van der Waals surface area contributed by atoms with Crippen molar-refractivity contribution in [3.63, 3.8) is 0 Å². The van der Waals surface area contributed by atoms with E-state index in [9.17, 15) is 8.78 Å². The van der Waals surface area contributed by atoms with Gasteiger partial charge >= 0.3 is 0 Å². The largest absolute Gasteiger partial charge is 0.487 e. The third kappa shape index (κ3) is 1.81. The minimum atomic E-state index is -0.333. The molecule has 0 spiro atoms. The lowest BCUT2D eigenvalue weighted by Gasteiger charge is -2.12. The van der Waals surface area contributed by atoms with Crippen LogP contribution in [0.3, 0.4) is 0 Å². The van der Waals surface area contributed by atoms with E-state index >= 15 is 0 Å². The molecule has 1 fully saturated rings. The quantitative estimate of drug-likeness (QED) is 0.767. The maximum absolute atomic E-state index is 14.8. The van der Waals surface area contributed by atoms with Crippen molar-refractivity contribution in [2.75, 3.05) is 0 Å². The maximum atomic E-state index is 14.8. The Morgan fingerprint density at radius 1 is 1.00 bits per heavy atom. The van der Waals surface area contributed by atoms with Crippen molar-refractivity contribution in [1.29, 1.82) is 0 Å². The Morgan fingerprint density at radius 2 is 1.62 bits per heavy atom. The molecule has 1 saturated carbocycles. The van der Waals surface area contributed by atoms with E-state index in [1.165, 1.54) is 0 Å². The van der Waals surface area contributed by atoms with Crippen molar-refractivity contribution in [2.24, 2.45) is 0 Å². The minimum Gasteiger partial charge on any atom is -0.487 e. The van der Waals surface area contributed by atoms with E-state index < -0.39 is 0 Å². The van der Waals surface area contributed by atoms with Crippen LogP contribution in [0.25, 0.3) is 11.1 Å². The molecule has 2 aliphatic carbocycles. The molecule has 4 heteroatoms. The van der Waals surface area contributed by atoms with Crippen molar-refractivity contribution in [3.8, 4) is 16.9 Å². The molecule has 0 radical (unpaired) electrons. The lowest BCUT2D eigenvalue weighted by atomic mass is 9.78. The molecule has 0 heterocycles. The monoisotopic (exact) mass is 284 g/mol. The molecule has 0 bridgehead atoms. The average molecular weight is 284 g/mol. The Kier molecular flexibility index (Phi) is 2.65. The van der Waals surface area contributed by atoms with Crippen LogP contribution in [-0.4, -0.2) is 14.0 Å². The predicted molar refractivity (Wildman–Crippen MR) is 80.6 cm³/mol. The molecule has 0 aromatic heterocycles. The first kappa shape index (κ1) is 12.9. The van der Waals surface area contributed by atoms with Gasteiger partial charge in [0.15, 0.2) is 11.6 Å². The first-order valence-electron chi connectivity index (χ1n) is 7.36. The van der Waals surface area contributed by atoms with Gasteiger partial charge in [-0.3, -0.25) is 0 Å². The highest BCUT2D eigenvalue weighted by Crippen LogP contribution is 2.48. The summed E-state index contributed by atoms with van der Waals surface area (Å²) in [7, 11) is 1.86. The second-order valence-corrected chi connectivity index (χ2v) is 6.04. The highest BCUT2D eigenvalue weighted by Gasteiger charge is 2.34. The molecular weight excluding hydrogens is 269 g/mol. The Bertz CT molecular complexity index is 753. The van der Waals surface area contributed by atoms with Crippen LogP contribution < -0.4 is 4.74 Å². The van der Waals surface area contributed by atoms with Crippen LogP contribution in [0.2, 0.25) is 0 Å². The molecule has 0 amide bonds. The van der Waals surface area contributed by atoms with Gasteiger partial charge in [-0.2, -0.15) is 0 Å². The maximum Gasteiger partial charge on any atom is 0.168 e. The Labute approximate surface area is 123 Å². The van der Waals surface area contributed by atoms with Gasteiger partial charge < -0.3 is 4.74 Å². The molecular formula is C17H15BF2O. The number of hydrogen-bond acceptors (Lipinski definition) is 1. The van der Waals surface area contributed by atoms with Gasteiger partial charge in [0, 0.05) is 0 Å². The number of halogens is 2. The van der Waals surface area contributed by atoms with Crippen LogP contribution in [-0.2, 0) is 0 Å². The third-order valence-electron chi connectivity index (χ3n) is 4.49. The van der Waals surface area contributed by atoms with Crippen LogP contribution in [0, 0.1) is 18.6 Å². The molecule has 0 saturated heterocycles. The fourth-order valence-corrected chi connectivity index (χ4v) is 3.19. The van der Waals surface area contributed by atoms with Gasteiger partial charge in [0.05, 0.1) is 6.10 Å². The lowest BCUT2D eigenvalue weighted by Crippen LogP contribution is -2.05. The zero-order valence-corrected chi connectivity index (χ0v) is 12.0. The molecule has 1 nitrogen and oxygen atoms in total. The average Bonchev–Trinajstić information content (AvgIpc) is 3.22. The fourth-order valence-electron chi connectivity index (χ4n) is 3.19. The Hall–Kier alpha value is -1.84. The number of aryl methyl sites for hydroxylation is 1. The number of benzene rings is 2. The van der Waals surface area contributed by atoms with E-state index in [0.29, 0.717) is 22.4 Å². The molecule has 0 aliphatic heterocycles. The molecule has 1 atom stereocenters. The van der Waals surface area contributed by atoms with Crippen molar-refractivity contribution in [3.05, 3.63) is 52.6 Å². The molecule has 2 aromatic rings. The molecule has 2 aliphatic rings. The molecule has 1 unspecified atom stereocenters. The van der Waals surface area contributed by atoms with Gasteiger partial charge in [0.25, 0.3) is 0 Å². The highest BCUT2D eigenvalue weighted by molar-refractivity contribution is 6.17. The summed E-state index contributed by atoms with van der Waals surface area (Å²) >= 11 is 0. The summed E-state index contributed by atoms with van der Waals surface area (Å²) in [4.78, 5) is 0. The molecule has 0 N–H and O–H groups in total. The van der Waals surface area contributed by atoms with Crippen LogP contribution >= 0.6 is 0 Å². The Balaban J connectivity index is 1.89. The smallest absolute Gasteiger partial charge is 0.168 e. The zero-order valence-electron chi connectivity index (χ0n) is 12.0. The SMILES string of the molecule is BC1c2c(ccc(C)c2F)-c2ccc(OC3CC3)c(F)c21. The van der Waals surface area contributed by atoms with E-state index in [1.807, 2.05) is 20.0 Å². The summed E-state index contributed by atoms with van der Waals surface area (Å²) in [6.07, 6.45) is 2.12. The summed E-state index contributed by atoms with van der Waals surface area (Å²) in [6.45, 7) is 1.74. The Morgan fingerprint density at radius 3 is 2.29 bits per heavy atom. The fraction of sp³-hybridized carbons (Fsp3) is 0.294. The molecule has 106 valence electrons. The van der Waals surface area contributed by atoms with Crippen LogP contribution in [0.5, 0.6) is 5.75 Å². The molecule has 4 rings (SSSR count). The van der Waals surface area contributed by atoms with E-state index in [0.717, 1.165) is 24.0 Å². The van der Waals surface area contributed by atoms with E-state index in [2.05, 4.69) is 0 Å². The second kappa shape index (κ2) is 4.33. The van der Waals surface area contributed by atoms with E-state index in [4.69, 9.17) is 4.74 Å². The lowest BCUT2D eigenvalue weighted by molar-refractivity contribution is 0.287. The minimum absolute atomic E-state index is 0.149. The van der Waals surface area contributed by atoms with Crippen molar-refractivity contribution < 1.29 is 13.5 Å². The standard InChI is InChI=1S/C17H15BF2O/c1-8-2-5-10-11-6-7-12(21-9-3-4-9)17(20)14(11)15(18)13(10)16(8)19/h2,5-7,9,15H,3-4,18H2,1H3. The van der Waals surface area contributed by atoms with Gasteiger partial charge in [0.1, 0.15) is 13.7 Å². The van der Waals surface area contributed by atoms with Gasteiger partial charge in [-0.05, 0) is 59.5 Å². The first-order chi connectivity index (χ1) is 10.1. The topological polar surface area (TPSA) is 9.23 Å². The van der Waals surface area contributed by atoms with Crippen LogP contribution in [0.15, 0.2) is 24.3 Å². The van der Waals surface area contributed by atoms with Gasteiger partial charge in [-0.25, -0.2) is 8.78 Å². The third-order valence-corrected chi connectivity index (χ3v) is 4.49. The zero-order chi connectivity index (χ0) is 14.7. The highest BCUT2D eigenvalue weighted by atomic mass is 19.1.